The van der Waals surface area contributed by atoms with E-state index in [-0.39, 0.29) is 0 Å². The lowest BCUT2D eigenvalue weighted by Gasteiger charge is -2.15. The average molecular weight is 280 g/mol. The molecule has 0 amide bonds. The summed E-state index contributed by atoms with van der Waals surface area (Å²) in [6, 6.07) is 0. The van der Waals surface area contributed by atoms with E-state index in [4.69, 9.17) is 9.47 Å². The van der Waals surface area contributed by atoms with Gasteiger partial charge in [0.15, 0.2) is 0 Å². The minimum Gasteiger partial charge on any atom is -0.382 e. The molecule has 1 atom stereocenters. The van der Waals surface area contributed by atoms with Crippen molar-refractivity contribution in [2.45, 2.75) is 12.8 Å². The number of hydrogen-bond donors (Lipinski definition) is 0. The van der Waals surface area contributed by atoms with Crippen molar-refractivity contribution in [2.24, 2.45) is 5.92 Å². The second-order valence-electron chi connectivity index (χ2n) is 4.07. The molecule has 0 bridgehead atoms. The Kier molecular flexibility index (Phi) is 7.61. The highest BCUT2D eigenvalue weighted by atomic mass is 79.9. The molecule has 90 valence electrons. The Labute approximate surface area is 101 Å². The van der Waals surface area contributed by atoms with Gasteiger partial charge in [-0.25, -0.2) is 0 Å². The first kappa shape index (κ1) is 13.4. The molecule has 3 nitrogen and oxygen atoms in total. The molecule has 4 heteroatoms. The van der Waals surface area contributed by atoms with Gasteiger partial charge in [-0.15, -0.1) is 0 Å². The third kappa shape index (κ3) is 5.85. The van der Waals surface area contributed by atoms with Crippen LogP contribution in [0.1, 0.15) is 12.8 Å². The summed E-state index contributed by atoms with van der Waals surface area (Å²) in [5, 5.41) is 1.15. The largest absolute Gasteiger partial charge is 0.382 e. The predicted octanol–water partition coefficient (Wildman–Crippen LogP) is 1.76. The Morgan fingerprint density at radius 2 is 2.20 bits per heavy atom. The van der Waals surface area contributed by atoms with Gasteiger partial charge in [0, 0.05) is 32.1 Å². The number of methoxy groups -OCH3 is 1. The molecule has 0 saturated carbocycles. The zero-order valence-electron chi connectivity index (χ0n) is 9.58. The van der Waals surface area contributed by atoms with E-state index < -0.39 is 0 Å². The highest BCUT2D eigenvalue weighted by Crippen LogP contribution is 2.17. The fraction of sp³-hybridized carbons (Fsp3) is 1.00. The number of nitrogens with zero attached hydrogens (tertiary/aromatic N) is 1. The second-order valence-corrected chi connectivity index (χ2v) is 4.72. The van der Waals surface area contributed by atoms with Gasteiger partial charge < -0.3 is 14.4 Å². The molecule has 0 radical (unpaired) electrons. The van der Waals surface area contributed by atoms with Crippen LogP contribution in [0.2, 0.25) is 0 Å². The molecule has 0 aromatic rings. The van der Waals surface area contributed by atoms with Crippen LogP contribution in [0.15, 0.2) is 0 Å². The van der Waals surface area contributed by atoms with E-state index in [1.807, 2.05) is 0 Å². The van der Waals surface area contributed by atoms with Crippen LogP contribution in [0, 0.1) is 5.92 Å². The van der Waals surface area contributed by atoms with Gasteiger partial charge in [0.05, 0.1) is 13.2 Å². The Hall–Kier alpha value is 0.360. The Balaban J connectivity index is 1.88. The molecule has 1 unspecified atom stereocenters. The molecule has 1 saturated heterocycles. The SMILES string of the molecule is COCCOCCCN1CCC(CBr)C1. The van der Waals surface area contributed by atoms with Gasteiger partial charge in [0.25, 0.3) is 0 Å². The average Bonchev–Trinajstić information content (AvgIpc) is 2.71. The van der Waals surface area contributed by atoms with Crippen LogP contribution in [0.3, 0.4) is 0 Å². The lowest BCUT2D eigenvalue weighted by atomic mass is 10.2. The molecular formula is C11H22BrNO2. The molecule has 0 aromatic heterocycles. The van der Waals surface area contributed by atoms with Crippen LogP contribution in [-0.2, 0) is 9.47 Å². The number of ether oxygens (including phenoxy) is 2. The summed E-state index contributed by atoms with van der Waals surface area (Å²) < 4.78 is 10.3. The zero-order chi connectivity index (χ0) is 10.9. The lowest BCUT2D eigenvalue weighted by molar-refractivity contribution is 0.0661. The summed E-state index contributed by atoms with van der Waals surface area (Å²) >= 11 is 3.55. The smallest absolute Gasteiger partial charge is 0.0700 e. The highest BCUT2D eigenvalue weighted by Gasteiger charge is 2.20. The Morgan fingerprint density at radius 1 is 1.33 bits per heavy atom. The predicted molar refractivity (Wildman–Crippen MR) is 65.7 cm³/mol. The number of hydrogen-bond acceptors (Lipinski definition) is 3. The molecule has 1 heterocycles. The molecule has 1 aliphatic rings. The first-order valence-electron chi connectivity index (χ1n) is 5.71. The number of rotatable bonds is 8. The van der Waals surface area contributed by atoms with E-state index in [0.717, 1.165) is 30.9 Å². The molecule has 0 spiro atoms. The Morgan fingerprint density at radius 3 is 2.87 bits per heavy atom. The maximum absolute atomic E-state index is 5.43. The standard InChI is InChI=1S/C11H22BrNO2/c1-14-7-8-15-6-2-4-13-5-3-11(9-12)10-13/h11H,2-10H2,1H3. The number of halogens is 1. The summed E-state index contributed by atoms with van der Waals surface area (Å²) in [6.07, 6.45) is 2.48. The van der Waals surface area contributed by atoms with Gasteiger partial charge in [-0.3, -0.25) is 0 Å². The van der Waals surface area contributed by atoms with Gasteiger partial charge in [-0.2, -0.15) is 0 Å². The fourth-order valence-electron chi connectivity index (χ4n) is 1.88. The highest BCUT2D eigenvalue weighted by molar-refractivity contribution is 9.09. The van der Waals surface area contributed by atoms with Crippen LogP contribution in [0.25, 0.3) is 0 Å². The van der Waals surface area contributed by atoms with Crippen LogP contribution >= 0.6 is 15.9 Å². The van der Waals surface area contributed by atoms with E-state index in [2.05, 4.69) is 20.8 Å². The maximum Gasteiger partial charge on any atom is 0.0700 e. The molecule has 0 aromatic carbocycles. The van der Waals surface area contributed by atoms with E-state index in [0.29, 0.717) is 6.61 Å². The van der Waals surface area contributed by atoms with E-state index in [1.165, 1.54) is 26.1 Å². The Bertz CT molecular complexity index is 158. The van der Waals surface area contributed by atoms with E-state index in [1.54, 1.807) is 7.11 Å². The van der Waals surface area contributed by atoms with Crippen molar-refractivity contribution in [3.8, 4) is 0 Å². The van der Waals surface area contributed by atoms with Crippen molar-refractivity contribution in [1.29, 1.82) is 0 Å². The van der Waals surface area contributed by atoms with Crippen LogP contribution in [0.5, 0.6) is 0 Å². The molecule has 1 aliphatic heterocycles. The van der Waals surface area contributed by atoms with Gasteiger partial charge >= 0.3 is 0 Å². The van der Waals surface area contributed by atoms with Crippen molar-refractivity contribution >= 4 is 15.9 Å². The number of likely N-dealkylation sites (tertiary alicyclic amines) is 1. The first-order chi connectivity index (χ1) is 7.36. The third-order valence-electron chi connectivity index (χ3n) is 2.78. The van der Waals surface area contributed by atoms with Crippen molar-refractivity contribution < 1.29 is 9.47 Å². The summed E-state index contributed by atoms with van der Waals surface area (Å²) in [7, 11) is 1.70. The van der Waals surface area contributed by atoms with Crippen LogP contribution < -0.4 is 0 Å². The minimum atomic E-state index is 0.704. The summed E-state index contributed by atoms with van der Waals surface area (Å²) in [4.78, 5) is 2.53. The van der Waals surface area contributed by atoms with Crippen molar-refractivity contribution in [2.75, 3.05) is 51.9 Å². The van der Waals surface area contributed by atoms with E-state index in [9.17, 15) is 0 Å². The lowest BCUT2D eigenvalue weighted by Crippen LogP contribution is -2.23. The van der Waals surface area contributed by atoms with Crippen molar-refractivity contribution in [3.05, 3.63) is 0 Å². The summed E-state index contributed by atoms with van der Waals surface area (Å²) in [6.45, 7) is 5.98. The molecule has 15 heavy (non-hydrogen) atoms. The van der Waals surface area contributed by atoms with E-state index >= 15 is 0 Å². The van der Waals surface area contributed by atoms with Gasteiger partial charge in [0.1, 0.15) is 0 Å². The number of alkyl halides is 1. The van der Waals surface area contributed by atoms with Crippen LogP contribution in [0.4, 0.5) is 0 Å². The van der Waals surface area contributed by atoms with Gasteiger partial charge in [0.2, 0.25) is 0 Å². The minimum absolute atomic E-state index is 0.704. The molecular weight excluding hydrogens is 258 g/mol. The molecule has 0 aliphatic carbocycles. The van der Waals surface area contributed by atoms with Crippen LogP contribution in [-0.4, -0.2) is 56.8 Å². The first-order valence-corrected chi connectivity index (χ1v) is 6.84. The second kappa shape index (κ2) is 8.50. The summed E-state index contributed by atoms with van der Waals surface area (Å²) in [5.74, 6) is 0.861. The maximum atomic E-state index is 5.43. The normalized spacial score (nSPS) is 22.4. The molecule has 0 N–H and O–H groups in total. The zero-order valence-corrected chi connectivity index (χ0v) is 11.2. The van der Waals surface area contributed by atoms with Gasteiger partial charge in [-0.1, -0.05) is 15.9 Å². The molecule has 1 rings (SSSR count). The topological polar surface area (TPSA) is 21.7 Å². The van der Waals surface area contributed by atoms with Gasteiger partial charge in [-0.05, 0) is 25.3 Å². The quantitative estimate of drug-likeness (QED) is 0.499. The monoisotopic (exact) mass is 279 g/mol. The summed E-state index contributed by atoms with van der Waals surface area (Å²) in [5.41, 5.74) is 0. The van der Waals surface area contributed by atoms with Crippen molar-refractivity contribution in [3.63, 3.8) is 0 Å². The third-order valence-corrected chi connectivity index (χ3v) is 3.70. The fourth-order valence-corrected chi connectivity index (χ4v) is 2.40. The van der Waals surface area contributed by atoms with Crippen molar-refractivity contribution in [1.82, 2.24) is 4.90 Å². The molecule has 1 fully saturated rings.